The largest absolute Gasteiger partial charge is 0.497 e. The van der Waals surface area contributed by atoms with Crippen LogP contribution in [0.3, 0.4) is 0 Å². The highest BCUT2D eigenvalue weighted by Crippen LogP contribution is 2.44. The van der Waals surface area contributed by atoms with Crippen molar-refractivity contribution in [2.45, 2.75) is 108 Å². The molecule has 10 nitrogen and oxygen atoms in total. The van der Waals surface area contributed by atoms with E-state index in [1.165, 1.54) is 0 Å². The number of hydrogen-bond donors (Lipinski definition) is 1. The fourth-order valence-electron chi connectivity index (χ4n) is 6.67. The fraction of sp³-hybridized carbons (Fsp3) is 0.657. The van der Waals surface area contributed by atoms with Gasteiger partial charge in [0.1, 0.15) is 29.7 Å². The Kier molecular flexibility index (Phi) is 10.7. The van der Waals surface area contributed by atoms with Crippen LogP contribution in [0.25, 0.3) is 0 Å². The lowest BCUT2D eigenvalue weighted by molar-refractivity contribution is -0.159. The van der Waals surface area contributed by atoms with Gasteiger partial charge in [-0.25, -0.2) is 4.79 Å². The van der Waals surface area contributed by atoms with Gasteiger partial charge in [-0.2, -0.15) is 0 Å². The third kappa shape index (κ3) is 8.16. The Morgan fingerprint density at radius 1 is 1.09 bits per heavy atom. The number of hydrogen-bond acceptors (Lipinski definition) is 10. The van der Waals surface area contributed by atoms with E-state index in [0.29, 0.717) is 32.5 Å². The maximum atomic E-state index is 13.4. The molecule has 0 amide bonds. The number of rotatable bonds is 9. The van der Waals surface area contributed by atoms with Crippen LogP contribution in [0.2, 0.25) is 0 Å². The van der Waals surface area contributed by atoms with Gasteiger partial charge < -0.3 is 38.3 Å². The number of carbonyl (C=O) groups excluding carboxylic acids is 2. The number of carbonyl (C=O) groups is 2. The summed E-state index contributed by atoms with van der Waals surface area (Å²) in [7, 11) is 3.26. The van der Waals surface area contributed by atoms with Crippen molar-refractivity contribution in [3.05, 3.63) is 53.6 Å². The highest BCUT2D eigenvalue weighted by Gasteiger charge is 2.57. The minimum Gasteiger partial charge on any atom is -0.497 e. The van der Waals surface area contributed by atoms with Crippen molar-refractivity contribution in [3.8, 4) is 5.75 Å². The topological polar surface area (TPSA) is 126 Å². The number of aliphatic hydroxyl groups is 1. The van der Waals surface area contributed by atoms with E-state index in [1.807, 2.05) is 70.2 Å². The second-order valence-corrected chi connectivity index (χ2v) is 13.2. The zero-order valence-corrected chi connectivity index (χ0v) is 27.2. The third-order valence-corrected chi connectivity index (χ3v) is 9.85. The van der Waals surface area contributed by atoms with Gasteiger partial charge in [0, 0.05) is 31.8 Å². The van der Waals surface area contributed by atoms with Gasteiger partial charge in [-0.1, -0.05) is 44.2 Å². The Bertz CT molecular complexity index is 1240. The van der Waals surface area contributed by atoms with Crippen molar-refractivity contribution in [3.63, 3.8) is 0 Å². The average molecular weight is 629 g/mol. The number of ether oxygens (including phenoxy) is 7. The smallest absolute Gasteiger partial charge is 0.338 e. The van der Waals surface area contributed by atoms with Gasteiger partial charge in [-0.3, -0.25) is 4.79 Å². The summed E-state index contributed by atoms with van der Waals surface area (Å²) in [6.07, 6.45) is 4.19. The highest BCUT2D eigenvalue weighted by atomic mass is 16.6. The maximum Gasteiger partial charge on any atom is 0.338 e. The van der Waals surface area contributed by atoms with Crippen molar-refractivity contribution in [2.75, 3.05) is 20.8 Å². The number of benzene rings is 1. The molecule has 45 heavy (non-hydrogen) atoms. The molecule has 0 unspecified atom stereocenters. The van der Waals surface area contributed by atoms with Crippen molar-refractivity contribution in [1.29, 1.82) is 0 Å². The standard InChI is InChI=1S/C35H48O10/c1-20-7-12-30-35(4,45-30)29(36)18-27(44-34(38)33-28(43-33)16-24-15-26(20)42-31(37)17-24)22(3)32(40-6)21(2)13-14-41-19-23-8-10-25(39-5)11-9-23/h7-13,20,22,24,26-30,32-33,36H,14-19H2,1-6H3/b12-7+,21-13+/t20-,22+,24+,26-,27+,28+,29+,30-,32+,33-,35-/m1/s1. The lowest BCUT2D eigenvalue weighted by Gasteiger charge is -2.33. The molecule has 4 aliphatic heterocycles. The van der Waals surface area contributed by atoms with Crippen LogP contribution in [0, 0.1) is 17.8 Å². The van der Waals surface area contributed by atoms with Crippen molar-refractivity contribution >= 4 is 11.9 Å². The summed E-state index contributed by atoms with van der Waals surface area (Å²) in [5.41, 5.74) is 1.14. The number of methoxy groups -OCH3 is 2. The SMILES string of the molecule is COc1ccc(COC/C=C(\C)[C@H](OC)[C@@H](C)[C@@H]2C[C@H](O)[C@@]3(C)O[C@@H]3/C=C/[C@@H](C)[C@H]3C[C@H](CC(=O)O3)C[C@@H]3O[C@H]3C(=O)O2)cc1. The van der Waals surface area contributed by atoms with Gasteiger partial charge in [-0.05, 0) is 55.9 Å². The number of esters is 2. The number of aliphatic hydroxyl groups excluding tert-OH is 1. The van der Waals surface area contributed by atoms with Crippen molar-refractivity contribution in [2.24, 2.45) is 17.8 Å². The second kappa shape index (κ2) is 14.3. The summed E-state index contributed by atoms with van der Waals surface area (Å²) >= 11 is 0. The van der Waals surface area contributed by atoms with E-state index in [2.05, 4.69) is 0 Å². The predicted octanol–water partition coefficient (Wildman–Crippen LogP) is 4.31. The number of cyclic esters (lactones) is 1. The molecular formula is C35H48O10. The van der Waals surface area contributed by atoms with Crippen LogP contribution in [-0.2, 0) is 44.6 Å². The van der Waals surface area contributed by atoms with E-state index in [1.54, 1.807) is 14.2 Å². The Hall–Kier alpha value is -2.76. The Morgan fingerprint density at radius 2 is 1.82 bits per heavy atom. The Morgan fingerprint density at radius 3 is 2.53 bits per heavy atom. The first kappa shape index (κ1) is 33.6. The van der Waals surface area contributed by atoms with E-state index in [-0.39, 0.29) is 48.5 Å². The van der Waals surface area contributed by atoms with Gasteiger partial charge >= 0.3 is 11.9 Å². The summed E-state index contributed by atoms with van der Waals surface area (Å²) in [6.45, 7) is 8.63. The van der Waals surface area contributed by atoms with Crippen LogP contribution in [0.1, 0.15) is 58.9 Å². The molecule has 0 aliphatic carbocycles. The Labute approximate surface area is 266 Å². The van der Waals surface area contributed by atoms with Crippen LogP contribution in [0.4, 0.5) is 0 Å². The summed E-state index contributed by atoms with van der Waals surface area (Å²) < 4.78 is 40.5. The van der Waals surface area contributed by atoms with E-state index in [9.17, 15) is 14.7 Å². The first-order valence-electron chi connectivity index (χ1n) is 16.0. The van der Waals surface area contributed by atoms with Crippen molar-refractivity contribution in [1.82, 2.24) is 0 Å². The lowest BCUT2D eigenvalue weighted by Crippen LogP contribution is -2.42. The van der Waals surface area contributed by atoms with Crippen LogP contribution < -0.4 is 4.74 Å². The van der Waals surface area contributed by atoms with Gasteiger partial charge in [-0.15, -0.1) is 0 Å². The van der Waals surface area contributed by atoms with E-state index >= 15 is 0 Å². The molecule has 2 bridgehead atoms. The molecule has 0 spiro atoms. The molecule has 0 aromatic heterocycles. The lowest BCUT2D eigenvalue weighted by atomic mass is 9.84. The minimum atomic E-state index is -0.905. The molecule has 0 radical (unpaired) electrons. The number of fused-ring (bicyclic) bond motifs is 4. The van der Waals surface area contributed by atoms with Gasteiger partial charge in [0.15, 0.2) is 6.10 Å². The third-order valence-electron chi connectivity index (χ3n) is 9.85. The molecular weight excluding hydrogens is 580 g/mol. The Balaban J connectivity index is 1.27. The molecule has 248 valence electrons. The first-order chi connectivity index (χ1) is 21.5. The van der Waals surface area contributed by atoms with Crippen LogP contribution in [-0.4, -0.2) is 86.2 Å². The van der Waals surface area contributed by atoms with Crippen LogP contribution in [0.15, 0.2) is 48.1 Å². The molecule has 0 saturated carbocycles. The predicted molar refractivity (Wildman–Crippen MR) is 164 cm³/mol. The van der Waals surface area contributed by atoms with Crippen LogP contribution >= 0.6 is 0 Å². The molecule has 4 aliphatic rings. The van der Waals surface area contributed by atoms with Crippen LogP contribution in [0.5, 0.6) is 5.75 Å². The van der Waals surface area contributed by atoms with Crippen molar-refractivity contribution < 1.29 is 47.9 Å². The summed E-state index contributed by atoms with van der Waals surface area (Å²) in [6, 6.07) is 7.72. The maximum absolute atomic E-state index is 13.4. The molecule has 4 heterocycles. The molecule has 5 rings (SSSR count). The highest BCUT2D eigenvalue weighted by molar-refractivity contribution is 5.78. The normalized spacial score (nSPS) is 37.3. The molecule has 1 N–H and O–H groups in total. The zero-order chi connectivity index (χ0) is 32.3. The number of epoxide rings is 2. The molecule has 11 atom stereocenters. The van der Waals surface area contributed by atoms with Gasteiger partial charge in [0.2, 0.25) is 0 Å². The summed E-state index contributed by atoms with van der Waals surface area (Å²) in [4.78, 5) is 25.7. The quantitative estimate of drug-likeness (QED) is 0.183. The fourth-order valence-corrected chi connectivity index (χ4v) is 6.67. The van der Waals surface area contributed by atoms with E-state index in [4.69, 9.17) is 33.2 Å². The second-order valence-electron chi connectivity index (χ2n) is 13.2. The summed E-state index contributed by atoms with van der Waals surface area (Å²) in [5.74, 6) is -0.137. The molecule has 10 heteroatoms. The summed E-state index contributed by atoms with van der Waals surface area (Å²) in [5, 5.41) is 11.4. The van der Waals surface area contributed by atoms with E-state index < -0.39 is 36.0 Å². The zero-order valence-electron chi connectivity index (χ0n) is 27.2. The van der Waals surface area contributed by atoms with Gasteiger partial charge in [0.25, 0.3) is 0 Å². The molecule has 1 aromatic rings. The molecule has 3 saturated heterocycles. The average Bonchev–Trinajstić information content (AvgIpc) is 3.93. The van der Waals surface area contributed by atoms with E-state index in [0.717, 1.165) is 16.9 Å². The van der Waals surface area contributed by atoms with Gasteiger partial charge in [0.05, 0.1) is 38.6 Å². The molecule has 3 fully saturated rings. The first-order valence-corrected chi connectivity index (χ1v) is 16.0. The minimum absolute atomic E-state index is 0.0127. The molecule has 1 aromatic carbocycles. The monoisotopic (exact) mass is 628 g/mol.